The molecular weight excluding hydrogens is 320 g/mol. The van der Waals surface area contributed by atoms with Gasteiger partial charge in [0.25, 0.3) is 10.0 Å². The minimum absolute atomic E-state index is 0.281. The summed E-state index contributed by atoms with van der Waals surface area (Å²) in [5.41, 5.74) is 2.01. The van der Waals surface area contributed by atoms with E-state index in [0.717, 1.165) is 11.1 Å². The Kier molecular flexibility index (Phi) is 5.13. The maximum absolute atomic E-state index is 12.7. The van der Waals surface area contributed by atoms with Crippen LogP contribution in [0, 0.1) is 0 Å². The molecule has 2 aromatic rings. The summed E-state index contributed by atoms with van der Waals surface area (Å²) in [4.78, 5) is 1.86. The molecule has 2 aromatic carbocycles. The molecule has 1 heterocycles. The van der Waals surface area contributed by atoms with Gasteiger partial charge in [0.2, 0.25) is 0 Å². The summed E-state index contributed by atoms with van der Waals surface area (Å²) in [5, 5.41) is 0.310. The topological polar surface area (TPSA) is 49.4 Å². The van der Waals surface area contributed by atoms with Crippen molar-refractivity contribution in [3.63, 3.8) is 0 Å². The standard InChI is InChI=1S/C19H20N2O2S/c22-24(23,20-15-17-9-3-1-4-10-17)19-13-7-8-14-21(19)16-18-11-5-2-6-12-18/h1-13,20H,14-16H2. The van der Waals surface area contributed by atoms with Crippen LogP contribution in [0.4, 0.5) is 0 Å². The van der Waals surface area contributed by atoms with Crippen LogP contribution in [-0.4, -0.2) is 19.9 Å². The summed E-state index contributed by atoms with van der Waals surface area (Å²) >= 11 is 0. The van der Waals surface area contributed by atoms with Gasteiger partial charge in [-0.3, -0.25) is 0 Å². The molecule has 0 radical (unpaired) electrons. The van der Waals surface area contributed by atoms with E-state index in [1.807, 2.05) is 71.6 Å². The van der Waals surface area contributed by atoms with Crippen molar-refractivity contribution in [2.75, 3.05) is 6.54 Å². The Hall–Kier alpha value is -2.37. The van der Waals surface area contributed by atoms with Crippen LogP contribution in [0.15, 0.2) is 83.9 Å². The molecular formula is C19H20N2O2S. The number of benzene rings is 2. The molecule has 24 heavy (non-hydrogen) atoms. The van der Waals surface area contributed by atoms with E-state index in [1.54, 1.807) is 12.2 Å². The Morgan fingerprint density at radius 3 is 2.21 bits per heavy atom. The van der Waals surface area contributed by atoms with Gasteiger partial charge >= 0.3 is 0 Å². The van der Waals surface area contributed by atoms with Crippen LogP contribution in [0.5, 0.6) is 0 Å². The van der Waals surface area contributed by atoms with Gasteiger partial charge in [0.15, 0.2) is 0 Å². The number of rotatable bonds is 6. The van der Waals surface area contributed by atoms with Crippen LogP contribution in [0.3, 0.4) is 0 Å². The number of allylic oxidation sites excluding steroid dienone is 2. The van der Waals surface area contributed by atoms with Gasteiger partial charge in [0.1, 0.15) is 5.03 Å². The zero-order chi connectivity index (χ0) is 16.8. The first-order chi connectivity index (χ1) is 11.6. The van der Waals surface area contributed by atoms with E-state index < -0.39 is 10.0 Å². The lowest BCUT2D eigenvalue weighted by Gasteiger charge is -2.28. The fraction of sp³-hybridized carbons (Fsp3) is 0.158. The highest BCUT2D eigenvalue weighted by Gasteiger charge is 2.24. The van der Waals surface area contributed by atoms with Crippen LogP contribution in [-0.2, 0) is 23.1 Å². The van der Waals surface area contributed by atoms with E-state index in [4.69, 9.17) is 0 Å². The van der Waals surface area contributed by atoms with Crippen molar-refractivity contribution in [2.24, 2.45) is 0 Å². The zero-order valence-corrected chi connectivity index (χ0v) is 14.1. The second kappa shape index (κ2) is 7.47. The minimum Gasteiger partial charge on any atom is -0.353 e. The van der Waals surface area contributed by atoms with Gasteiger partial charge in [0, 0.05) is 19.6 Å². The maximum atomic E-state index is 12.7. The molecule has 0 unspecified atom stereocenters. The Morgan fingerprint density at radius 1 is 0.917 bits per heavy atom. The van der Waals surface area contributed by atoms with E-state index in [-0.39, 0.29) is 6.54 Å². The molecule has 0 amide bonds. The predicted molar refractivity (Wildman–Crippen MR) is 96.3 cm³/mol. The van der Waals surface area contributed by atoms with Gasteiger partial charge < -0.3 is 4.90 Å². The predicted octanol–water partition coefficient (Wildman–Crippen LogP) is 3.02. The smallest absolute Gasteiger partial charge is 0.256 e. The Morgan fingerprint density at radius 2 is 1.54 bits per heavy atom. The molecule has 0 atom stereocenters. The lowest BCUT2D eigenvalue weighted by Crippen LogP contribution is -2.35. The highest BCUT2D eigenvalue weighted by atomic mass is 32.2. The van der Waals surface area contributed by atoms with Gasteiger partial charge in [0.05, 0.1) is 0 Å². The number of nitrogens with one attached hydrogen (secondary N) is 1. The van der Waals surface area contributed by atoms with Crippen LogP contribution in [0.2, 0.25) is 0 Å². The van der Waals surface area contributed by atoms with E-state index in [9.17, 15) is 8.42 Å². The molecule has 0 bridgehead atoms. The Balaban J connectivity index is 1.74. The van der Waals surface area contributed by atoms with Gasteiger partial charge in [-0.1, -0.05) is 72.8 Å². The van der Waals surface area contributed by atoms with Gasteiger partial charge in [-0.15, -0.1) is 0 Å². The summed E-state index contributed by atoms with van der Waals surface area (Å²) in [6.07, 6.45) is 5.40. The molecule has 0 saturated heterocycles. The molecule has 124 valence electrons. The third-order valence-electron chi connectivity index (χ3n) is 3.81. The van der Waals surface area contributed by atoms with Crippen molar-refractivity contribution in [3.8, 4) is 0 Å². The molecule has 0 fully saturated rings. The van der Waals surface area contributed by atoms with Crippen LogP contribution in [0.25, 0.3) is 0 Å². The lowest BCUT2D eigenvalue weighted by molar-refractivity contribution is 0.386. The third kappa shape index (κ3) is 4.13. The molecule has 5 heteroatoms. The average Bonchev–Trinajstić information content (AvgIpc) is 2.62. The first-order valence-electron chi connectivity index (χ1n) is 7.84. The maximum Gasteiger partial charge on any atom is 0.256 e. The fourth-order valence-corrected chi connectivity index (χ4v) is 3.83. The van der Waals surface area contributed by atoms with Crippen molar-refractivity contribution >= 4 is 10.0 Å². The lowest BCUT2D eigenvalue weighted by atomic mass is 10.2. The van der Waals surface area contributed by atoms with Crippen molar-refractivity contribution in [1.82, 2.24) is 9.62 Å². The highest BCUT2D eigenvalue weighted by Crippen LogP contribution is 2.19. The van der Waals surface area contributed by atoms with E-state index in [1.165, 1.54) is 0 Å². The highest BCUT2D eigenvalue weighted by molar-refractivity contribution is 7.93. The quantitative estimate of drug-likeness (QED) is 0.879. The minimum atomic E-state index is -3.57. The van der Waals surface area contributed by atoms with Gasteiger partial charge in [-0.05, 0) is 17.2 Å². The first kappa shape index (κ1) is 16.5. The third-order valence-corrected chi connectivity index (χ3v) is 5.28. The number of nitrogens with zero attached hydrogens (tertiary/aromatic N) is 1. The number of sulfonamides is 1. The fourth-order valence-electron chi connectivity index (χ4n) is 2.59. The average molecular weight is 340 g/mol. The van der Waals surface area contributed by atoms with E-state index in [2.05, 4.69) is 4.72 Å². The summed E-state index contributed by atoms with van der Waals surface area (Å²) in [6, 6.07) is 19.4. The van der Waals surface area contributed by atoms with Crippen LogP contribution >= 0.6 is 0 Å². The van der Waals surface area contributed by atoms with Crippen molar-refractivity contribution in [2.45, 2.75) is 13.1 Å². The number of hydrogen-bond acceptors (Lipinski definition) is 3. The molecule has 4 nitrogen and oxygen atoms in total. The molecule has 0 aliphatic carbocycles. The normalized spacial score (nSPS) is 14.5. The summed E-state index contributed by atoms with van der Waals surface area (Å²) < 4.78 is 28.1. The molecule has 1 N–H and O–H groups in total. The van der Waals surface area contributed by atoms with Crippen molar-refractivity contribution < 1.29 is 8.42 Å². The number of hydrogen-bond donors (Lipinski definition) is 1. The monoisotopic (exact) mass is 340 g/mol. The molecule has 1 aliphatic heterocycles. The molecule has 3 rings (SSSR count). The van der Waals surface area contributed by atoms with Crippen molar-refractivity contribution in [3.05, 3.63) is 95.0 Å². The molecule has 0 saturated carbocycles. The summed E-state index contributed by atoms with van der Waals surface area (Å²) in [6.45, 7) is 1.42. The molecule has 0 aromatic heterocycles. The van der Waals surface area contributed by atoms with Gasteiger partial charge in [-0.2, -0.15) is 0 Å². The summed E-state index contributed by atoms with van der Waals surface area (Å²) in [5.74, 6) is 0. The van der Waals surface area contributed by atoms with E-state index >= 15 is 0 Å². The van der Waals surface area contributed by atoms with E-state index in [0.29, 0.717) is 18.1 Å². The first-order valence-corrected chi connectivity index (χ1v) is 9.33. The second-order valence-electron chi connectivity index (χ2n) is 5.61. The second-order valence-corrected chi connectivity index (χ2v) is 7.32. The van der Waals surface area contributed by atoms with Gasteiger partial charge in [-0.25, -0.2) is 13.1 Å². The Bertz CT molecular complexity index is 828. The summed E-state index contributed by atoms with van der Waals surface area (Å²) in [7, 11) is -3.57. The Labute approximate surface area is 143 Å². The molecule has 0 spiro atoms. The van der Waals surface area contributed by atoms with Crippen LogP contribution in [0.1, 0.15) is 11.1 Å². The molecule has 1 aliphatic rings. The van der Waals surface area contributed by atoms with Crippen LogP contribution < -0.4 is 4.72 Å². The largest absolute Gasteiger partial charge is 0.353 e. The zero-order valence-electron chi connectivity index (χ0n) is 13.3. The van der Waals surface area contributed by atoms with Crippen molar-refractivity contribution in [1.29, 1.82) is 0 Å². The SMILES string of the molecule is O=S(=O)(NCc1ccccc1)C1=CC=CCN1Cc1ccccc1.